The Morgan fingerprint density at radius 3 is 2.43 bits per heavy atom. The number of aliphatic hydroxyl groups is 1. The molecule has 17 heteroatoms. The minimum atomic E-state index is -1.49. The number of nitrogens with one attached hydrogen (secondary N) is 5. The lowest BCUT2D eigenvalue weighted by atomic mass is 9.98. The summed E-state index contributed by atoms with van der Waals surface area (Å²) in [5.74, 6) is -4.90. The third-order valence-electron chi connectivity index (χ3n) is 9.63. The van der Waals surface area contributed by atoms with Crippen molar-refractivity contribution in [3.05, 3.63) is 36.0 Å². The van der Waals surface area contributed by atoms with Gasteiger partial charge in [-0.15, -0.1) is 0 Å². The van der Waals surface area contributed by atoms with Gasteiger partial charge in [-0.1, -0.05) is 37.6 Å². The first-order valence-corrected chi connectivity index (χ1v) is 17.3. The molecule has 8 atom stereocenters. The monoisotopic (exact) mass is 712 g/mol. The van der Waals surface area contributed by atoms with Crippen LogP contribution in [0.5, 0.6) is 0 Å². The van der Waals surface area contributed by atoms with Gasteiger partial charge in [-0.25, -0.2) is 4.39 Å². The molecule has 0 unspecified atom stereocenters. The zero-order valence-electron chi connectivity index (χ0n) is 29.0. The number of aromatic nitrogens is 2. The first-order valence-electron chi connectivity index (χ1n) is 17.3. The lowest BCUT2D eigenvalue weighted by molar-refractivity contribution is -0.145. The summed E-state index contributed by atoms with van der Waals surface area (Å²) in [6, 6.07) is -0.0385. The Morgan fingerprint density at radius 2 is 1.73 bits per heavy atom. The summed E-state index contributed by atoms with van der Waals surface area (Å²) in [7, 11) is 0. The van der Waals surface area contributed by atoms with E-state index in [0.29, 0.717) is 19.3 Å². The highest BCUT2D eigenvalue weighted by molar-refractivity contribution is 5.97. The number of fused-ring (bicyclic) bond motifs is 2. The van der Waals surface area contributed by atoms with Crippen molar-refractivity contribution in [1.82, 2.24) is 41.6 Å². The molecule has 16 nitrogen and oxygen atoms in total. The van der Waals surface area contributed by atoms with Gasteiger partial charge in [0.2, 0.25) is 47.2 Å². The summed E-state index contributed by atoms with van der Waals surface area (Å²) < 4.78 is 19.3. The molecule has 3 heterocycles. The third kappa shape index (κ3) is 8.69. The van der Waals surface area contributed by atoms with E-state index in [1.807, 2.05) is 0 Å². The van der Waals surface area contributed by atoms with Crippen LogP contribution in [0.4, 0.5) is 4.39 Å². The van der Waals surface area contributed by atoms with Crippen LogP contribution < -0.4 is 26.6 Å². The van der Waals surface area contributed by atoms with Gasteiger partial charge in [0.25, 0.3) is 0 Å². The van der Waals surface area contributed by atoms with Crippen molar-refractivity contribution in [2.24, 2.45) is 11.8 Å². The molecule has 0 radical (unpaired) electrons. The highest BCUT2D eigenvalue weighted by Crippen LogP contribution is 2.27. The second-order valence-electron chi connectivity index (χ2n) is 13.8. The van der Waals surface area contributed by atoms with Crippen molar-refractivity contribution in [1.29, 1.82) is 0 Å². The Kier molecular flexibility index (Phi) is 11.7. The molecule has 1 saturated carbocycles. The second-order valence-corrected chi connectivity index (χ2v) is 13.8. The van der Waals surface area contributed by atoms with E-state index in [9.17, 15) is 38.3 Å². The molecule has 0 bridgehead atoms. The quantitative estimate of drug-likeness (QED) is 0.220. The molecule has 1 aromatic heterocycles. The number of benzene rings is 1. The number of carbonyl (C=O) groups excluding carboxylic acids is 6. The fraction of sp³-hybridized carbons (Fsp3) is 0.588. The van der Waals surface area contributed by atoms with Crippen LogP contribution in [0.1, 0.15) is 65.7 Å². The van der Waals surface area contributed by atoms with Crippen LogP contribution >= 0.6 is 0 Å². The van der Waals surface area contributed by atoms with Crippen LogP contribution in [0.2, 0.25) is 0 Å². The van der Waals surface area contributed by atoms with Gasteiger partial charge in [-0.05, 0) is 51.2 Å². The molecular formula is C34H45FN8O8. The summed E-state index contributed by atoms with van der Waals surface area (Å²) in [6.07, 6.45) is 0.221. The van der Waals surface area contributed by atoms with Gasteiger partial charge >= 0.3 is 0 Å². The van der Waals surface area contributed by atoms with Crippen molar-refractivity contribution in [2.75, 3.05) is 6.54 Å². The molecule has 3 aliphatic rings. The molecule has 276 valence electrons. The predicted molar refractivity (Wildman–Crippen MR) is 177 cm³/mol. The van der Waals surface area contributed by atoms with E-state index in [1.165, 1.54) is 36.9 Å². The minimum absolute atomic E-state index is 0.0223. The molecule has 0 spiro atoms. The zero-order valence-corrected chi connectivity index (χ0v) is 29.0. The number of halogens is 1. The molecule has 3 fully saturated rings. The second kappa shape index (κ2) is 16.0. The number of rotatable bonds is 7. The van der Waals surface area contributed by atoms with Crippen LogP contribution in [0, 0.1) is 17.7 Å². The lowest BCUT2D eigenvalue weighted by Gasteiger charge is -2.33. The van der Waals surface area contributed by atoms with Crippen LogP contribution in [0.3, 0.4) is 0 Å². The highest BCUT2D eigenvalue weighted by Gasteiger charge is 2.45. The van der Waals surface area contributed by atoms with Crippen LogP contribution in [0.15, 0.2) is 28.8 Å². The van der Waals surface area contributed by atoms with Gasteiger partial charge in [0.05, 0.1) is 17.6 Å². The fourth-order valence-corrected chi connectivity index (χ4v) is 6.80. The summed E-state index contributed by atoms with van der Waals surface area (Å²) in [4.78, 5) is 86.1. The van der Waals surface area contributed by atoms with Crippen molar-refractivity contribution in [3.8, 4) is 11.4 Å². The Bertz CT molecular complexity index is 1650. The standard InChI is InChI=1S/C34H45FN8O8/c1-16(2)27-33(49)41-28(18(4)44)34(50)43-15-19(37-25(45)12-13-26-39-29(42-51-26)20-8-5-6-10-22(20)35)14-24(43)32(48)36-17(3)30(46)38-23-11-7-9-21(23)31(47)40-27/h5-6,8,10,16-19,21,23-24,27-28,44H,7,9,11-15H2,1-4H3,(H,36,48)(H,37,45)(H,38,46)(H,40,47)(H,41,49)/t17-,18+,19-,21-,23-,24-,27+,28-/m0/s1. The molecule has 2 saturated heterocycles. The van der Waals surface area contributed by atoms with Gasteiger partial charge in [-0.3, -0.25) is 28.8 Å². The Labute approximate surface area is 294 Å². The predicted octanol–water partition coefficient (Wildman–Crippen LogP) is -0.296. The first-order chi connectivity index (χ1) is 24.2. The average molecular weight is 713 g/mol. The average Bonchev–Trinajstić information content (AvgIpc) is 3.84. The van der Waals surface area contributed by atoms with E-state index in [1.54, 1.807) is 19.9 Å². The van der Waals surface area contributed by atoms with Gasteiger partial charge in [0, 0.05) is 31.5 Å². The van der Waals surface area contributed by atoms with Gasteiger partial charge < -0.3 is 41.1 Å². The summed E-state index contributed by atoms with van der Waals surface area (Å²) >= 11 is 0. The topological polar surface area (TPSA) is 225 Å². The van der Waals surface area contributed by atoms with Gasteiger partial charge in [0.15, 0.2) is 0 Å². The number of hydrogen-bond acceptors (Lipinski definition) is 10. The van der Waals surface area contributed by atoms with Crippen LogP contribution in [-0.4, -0.2) is 104 Å². The first kappa shape index (κ1) is 37.3. The number of nitrogens with zero attached hydrogens (tertiary/aromatic N) is 3. The van der Waals surface area contributed by atoms with Crippen LogP contribution in [-0.2, 0) is 35.2 Å². The summed E-state index contributed by atoms with van der Waals surface area (Å²) in [6.45, 7) is 6.12. The third-order valence-corrected chi connectivity index (χ3v) is 9.63. The van der Waals surface area contributed by atoms with Crippen LogP contribution in [0.25, 0.3) is 11.4 Å². The molecular weight excluding hydrogens is 667 g/mol. The maximum absolute atomic E-state index is 14.1. The van der Waals surface area contributed by atoms with E-state index in [2.05, 4.69) is 36.7 Å². The normalized spacial score (nSPS) is 28.3. The fourth-order valence-electron chi connectivity index (χ4n) is 6.80. The molecule has 51 heavy (non-hydrogen) atoms. The zero-order chi connectivity index (χ0) is 37.0. The minimum Gasteiger partial charge on any atom is -0.391 e. The molecule has 2 aromatic rings. The SMILES string of the molecule is CC(C)[C@H]1NC(=O)[C@H]2CCC[C@@H]2NC(=O)[C@H](C)NC(=O)[C@@H]2C[C@H](NC(=O)CCc3nc(-c4ccccc4F)no3)CN2C(=O)[C@H]([C@@H](C)O)NC1=O. The Balaban J connectivity index is 1.33. The maximum Gasteiger partial charge on any atom is 0.248 e. The van der Waals surface area contributed by atoms with Crippen molar-refractivity contribution in [2.45, 2.75) is 109 Å². The van der Waals surface area contributed by atoms with E-state index >= 15 is 0 Å². The lowest BCUT2D eigenvalue weighted by Crippen LogP contribution is -2.62. The number of hydrogen-bond donors (Lipinski definition) is 6. The number of amides is 6. The summed E-state index contributed by atoms with van der Waals surface area (Å²) in [5.41, 5.74) is 0.149. The summed E-state index contributed by atoms with van der Waals surface area (Å²) in [5, 5.41) is 28.2. The molecule has 1 aliphatic carbocycles. The largest absolute Gasteiger partial charge is 0.391 e. The van der Waals surface area contributed by atoms with Crippen molar-refractivity contribution in [3.63, 3.8) is 0 Å². The van der Waals surface area contributed by atoms with Crippen molar-refractivity contribution >= 4 is 35.4 Å². The molecule has 1 aromatic carbocycles. The number of carbonyl (C=O) groups is 6. The molecule has 5 rings (SSSR count). The Hall–Kier alpha value is -4.93. The highest BCUT2D eigenvalue weighted by atomic mass is 19.1. The van der Waals surface area contributed by atoms with E-state index < -0.39 is 95.5 Å². The Morgan fingerprint density at radius 1 is 1.00 bits per heavy atom. The van der Waals surface area contributed by atoms with E-state index in [4.69, 9.17) is 4.52 Å². The maximum atomic E-state index is 14.1. The van der Waals surface area contributed by atoms with Gasteiger partial charge in [-0.2, -0.15) is 4.98 Å². The molecule has 2 aliphatic heterocycles. The molecule has 6 N–H and O–H groups in total. The van der Waals surface area contributed by atoms with E-state index in [-0.39, 0.29) is 43.1 Å². The van der Waals surface area contributed by atoms with Gasteiger partial charge in [0.1, 0.15) is 30.0 Å². The molecule has 6 amide bonds. The van der Waals surface area contributed by atoms with E-state index in [0.717, 1.165) is 0 Å². The number of aliphatic hydroxyl groups excluding tert-OH is 1. The number of aryl methyl sites for hydroxylation is 1. The smallest absolute Gasteiger partial charge is 0.248 e. The van der Waals surface area contributed by atoms with Crippen molar-refractivity contribution < 1.29 is 42.8 Å².